The van der Waals surface area contributed by atoms with Crippen molar-refractivity contribution in [3.63, 3.8) is 0 Å². The Labute approximate surface area is 92.0 Å². The number of nitrogens with zero attached hydrogens (tertiary/aromatic N) is 2. The lowest BCUT2D eigenvalue weighted by molar-refractivity contribution is -0.113. The quantitative estimate of drug-likeness (QED) is 0.644. The second-order valence-electron chi connectivity index (χ2n) is 4.42. The van der Waals surface area contributed by atoms with E-state index in [1.165, 1.54) is 0 Å². The lowest BCUT2D eigenvalue weighted by Crippen LogP contribution is -2.18. The van der Waals surface area contributed by atoms with Crippen molar-refractivity contribution in [2.75, 3.05) is 28.2 Å². The first-order valence-electron chi connectivity index (χ1n) is 5.29. The monoisotopic (exact) mass is 208 g/mol. The Morgan fingerprint density at radius 2 is 1.33 bits per heavy atom. The Morgan fingerprint density at radius 3 is 1.67 bits per heavy atom. The van der Waals surface area contributed by atoms with Crippen molar-refractivity contribution >= 4 is 5.78 Å². The van der Waals surface area contributed by atoms with E-state index in [0.29, 0.717) is 0 Å². The van der Waals surface area contributed by atoms with Gasteiger partial charge in [0.2, 0.25) is 0 Å². The van der Waals surface area contributed by atoms with Gasteiger partial charge in [-0.2, -0.15) is 0 Å². The molecular weight excluding hydrogens is 188 g/mol. The normalized spacial score (nSPS) is 22.3. The van der Waals surface area contributed by atoms with Crippen molar-refractivity contribution in [2.24, 2.45) is 0 Å². The minimum Gasteiger partial charge on any atom is -0.383 e. The van der Waals surface area contributed by atoms with Crippen LogP contribution in [0.2, 0.25) is 0 Å². The molecule has 15 heavy (non-hydrogen) atoms. The molecule has 1 fully saturated rings. The molecule has 0 aromatic carbocycles. The number of carbonyl (C=O) groups is 1. The van der Waals surface area contributed by atoms with Crippen LogP contribution in [0.4, 0.5) is 0 Å². The fourth-order valence-electron chi connectivity index (χ4n) is 1.77. The Hall–Kier alpha value is -1.25. The molecule has 0 spiro atoms. The Bertz CT molecular complexity index is 273. The van der Waals surface area contributed by atoms with E-state index in [2.05, 4.69) is 0 Å². The molecule has 1 saturated carbocycles. The fraction of sp³-hybridized carbons (Fsp3) is 0.583. The third-order valence-electron chi connectivity index (χ3n) is 2.30. The first-order chi connectivity index (χ1) is 7.00. The summed E-state index contributed by atoms with van der Waals surface area (Å²) in [6.45, 7) is 0. The number of ketones is 1. The van der Waals surface area contributed by atoms with E-state index in [9.17, 15) is 4.79 Å². The van der Waals surface area contributed by atoms with Gasteiger partial charge in [-0.05, 0) is 19.3 Å². The highest BCUT2D eigenvalue weighted by molar-refractivity contribution is 6.08. The van der Waals surface area contributed by atoms with Crippen molar-refractivity contribution in [1.82, 2.24) is 9.80 Å². The van der Waals surface area contributed by atoms with Gasteiger partial charge in [0.05, 0.1) is 0 Å². The molecule has 0 aliphatic heterocycles. The summed E-state index contributed by atoms with van der Waals surface area (Å²) < 4.78 is 0. The maximum Gasteiger partial charge on any atom is 0.187 e. The smallest absolute Gasteiger partial charge is 0.187 e. The van der Waals surface area contributed by atoms with Crippen molar-refractivity contribution < 1.29 is 4.79 Å². The summed E-state index contributed by atoms with van der Waals surface area (Å²) in [5.74, 6) is 0.212. The van der Waals surface area contributed by atoms with Gasteiger partial charge in [0.1, 0.15) is 0 Å². The van der Waals surface area contributed by atoms with Crippen molar-refractivity contribution in [2.45, 2.75) is 19.3 Å². The minimum atomic E-state index is 0.212. The first-order valence-corrected chi connectivity index (χ1v) is 5.29. The summed E-state index contributed by atoms with van der Waals surface area (Å²) in [5, 5.41) is 0. The molecule has 1 aliphatic rings. The van der Waals surface area contributed by atoms with Crippen molar-refractivity contribution in [3.05, 3.63) is 23.5 Å². The number of Topliss-reactive ketones (excluding diaryl/α,β-unsaturated/α-hetero) is 1. The molecule has 1 rings (SSSR count). The second-order valence-corrected chi connectivity index (χ2v) is 4.42. The molecule has 0 unspecified atom stereocenters. The lowest BCUT2D eigenvalue weighted by Gasteiger charge is -2.19. The van der Waals surface area contributed by atoms with Gasteiger partial charge in [-0.3, -0.25) is 4.79 Å². The summed E-state index contributed by atoms with van der Waals surface area (Å²) in [4.78, 5) is 15.9. The third kappa shape index (κ3) is 3.42. The van der Waals surface area contributed by atoms with Crippen LogP contribution in [0.25, 0.3) is 0 Å². The highest BCUT2D eigenvalue weighted by Crippen LogP contribution is 2.24. The Morgan fingerprint density at radius 1 is 0.933 bits per heavy atom. The molecule has 0 radical (unpaired) electrons. The molecule has 3 heteroatoms. The molecule has 0 bridgehead atoms. The van der Waals surface area contributed by atoms with E-state index in [4.69, 9.17) is 0 Å². The summed E-state index contributed by atoms with van der Waals surface area (Å²) in [6, 6.07) is 0. The molecule has 0 heterocycles. The average Bonchev–Trinajstić information content (AvgIpc) is 2.10. The zero-order chi connectivity index (χ0) is 11.4. The van der Waals surface area contributed by atoms with Crippen LogP contribution >= 0.6 is 0 Å². The Kier molecular flexibility index (Phi) is 3.95. The van der Waals surface area contributed by atoms with Crippen LogP contribution in [0.1, 0.15) is 19.3 Å². The predicted molar refractivity (Wildman–Crippen MR) is 62.4 cm³/mol. The third-order valence-corrected chi connectivity index (χ3v) is 2.30. The van der Waals surface area contributed by atoms with Gasteiger partial charge in [0.15, 0.2) is 5.78 Å². The molecule has 0 aromatic rings. The van der Waals surface area contributed by atoms with Crippen LogP contribution in [-0.2, 0) is 4.79 Å². The molecular formula is C12H20N2O. The van der Waals surface area contributed by atoms with E-state index in [1.807, 2.05) is 50.4 Å². The van der Waals surface area contributed by atoms with Gasteiger partial charge in [-0.1, -0.05) is 0 Å². The van der Waals surface area contributed by atoms with Crippen molar-refractivity contribution in [3.8, 4) is 0 Å². The standard InChI is InChI=1S/C12H20N2O/c1-13(2)8-10-6-5-7-11(12(10)15)9-14(3)4/h8-9H,5-7H2,1-4H3/b10-8+,11-9+. The van der Waals surface area contributed by atoms with E-state index in [1.54, 1.807) is 0 Å². The molecule has 0 N–H and O–H groups in total. The van der Waals surface area contributed by atoms with Crippen LogP contribution < -0.4 is 0 Å². The highest BCUT2D eigenvalue weighted by Gasteiger charge is 2.20. The van der Waals surface area contributed by atoms with Crippen LogP contribution in [0.5, 0.6) is 0 Å². The topological polar surface area (TPSA) is 23.6 Å². The summed E-state index contributed by atoms with van der Waals surface area (Å²) in [6.07, 6.45) is 6.75. The maximum atomic E-state index is 12.0. The number of rotatable bonds is 2. The molecule has 0 aromatic heterocycles. The van der Waals surface area contributed by atoms with Crippen LogP contribution in [0, 0.1) is 0 Å². The summed E-state index contributed by atoms with van der Waals surface area (Å²) in [5.41, 5.74) is 1.86. The van der Waals surface area contributed by atoms with E-state index in [0.717, 1.165) is 30.4 Å². The number of allylic oxidation sites excluding steroid dienone is 2. The number of hydrogen-bond donors (Lipinski definition) is 0. The van der Waals surface area contributed by atoms with Crippen LogP contribution in [0.3, 0.4) is 0 Å². The molecule has 3 nitrogen and oxygen atoms in total. The zero-order valence-electron chi connectivity index (χ0n) is 10.1. The summed E-state index contributed by atoms with van der Waals surface area (Å²) in [7, 11) is 7.79. The SMILES string of the molecule is CN(C)/C=C1\CCC/C(=C\N(C)C)C1=O. The first kappa shape index (κ1) is 11.8. The van der Waals surface area contributed by atoms with Crippen LogP contribution in [0.15, 0.2) is 23.5 Å². The van der Waals surface area contributed by atoms with Crippen LogP contribution in [-0.4, -0.2) is 43.8 Å². The summed E-state index contributed by atoms with van der Waals surface area (Å²) >= 11 is 0. The van der Waals surface area contributed by atoms with Gasteiger partial charge in [-0.25, -0.2) is 0 Å². The largest absolute Gasteiger partial charge is 0.383 e. The highest BCUT2D eigenvalue weighted by atomic mass is 16.1. The molecule has 0 amide bonds. The van der Waals surface area contributed by atoms with Gasteiger partial charge in [-0.15, -0.1) is 0 Å². The molecule has 0 saturated heterocycles. The molecule has 0 atom stereocenters. The van der Waals surface area contributed by atoms with Gasteiger partial charge >= 0.3 is 0 Å². The zero-order valence-corrected chi connectivity index (χ0v) is 10.1. The van der Waals surface area contributed by atoms with E-state index >= 15 is 0 Å². The Balaban J connectivity index is 2.85. The maximum absolute atomic E-state index is 12.0. The number of hydrogen-bond acceptors (Lipinski definition) is 3. The van der Waals surface area contributed by atoms with Gasteiger partial charge in [0.25, 0.3) is 0 Å². The number of carbonyl (C=O) groups excluding carboxylic acids is 1. The van der Waals surface area contributed by atoms with E-state index < -0.39 is 0 Å². The molecule has 84 valence electrons. The second kappa shape index (κ2) is 5.01. The van der Waals surface area contributed by atoms with Gasteiger partial charge < -0.3 is 9.80 Å². The van der Waals surface area contributed by atoms with Crippen molar-refractivity contribution in [1.29, 1.82) is 0 Å². The lowest BCUT2D eigenvalue weighted by atomic mass is 9.90. The van der Waals surface area contributed by atoms with Gasteiger partial charge in [0, 0.05) is 51.7 Å². The predicted octanol–water partition coefficient (Wildman–Crippen LogP) is 1.63. The van der Waals surface area contributed by atoms with E-state index in [-0.39, 0.29) is 5.78 Å². The minimum absolute atomic E-state index is 0.212. The molecule has 1 aliphatic carbocycles. The average molecular weight is 208 g/mol. The fourth-order valence-corrected chi connectivity index (χ4v) is 1.77.